The topological polar surface area (TPSA) is 71.7 Å². The summed E-state index contributed by atoms with van der Waals surface area (Å²) in [6.07, 6.45) is 5.22. The van der Waals surface area contributed by atoms with Crippen LogP contribution >= 0.6 is 0 Å². The molecule has 2 N–H and O–H groups in total. The van der Waals surface area contributed by atoms with Crippen LogP contribution < -0.4 is 10.6 Å². The van der Waals surface area contributed by atoms with Crippen LogP contribution in [0.15, 0.2) is 42.7 Å². The molecule has 1 aromatic heterocycles. The van der Waals surface area contributed by atoms with E-state index in [-0.39, 0.29) is 11.9 Å². The van der Waals surface area contributed by atoms with Gasteiger partial charge in [0.25, 0.3) is 0 Å². The maximum atomic E-state index is 12.5. The number of carbonyl (C=O) groups is 1. The zero-order chi connectivity index (χ0) is 19.5. The van der Waals surface area contributed by atoms with Crippen LogP contribution in [-0.4, -0.2) is 42.1 Å². The first kappa shape index (κ1) is 18.5. The van der Waals surface area contributed by atoms with E-state index in [4.69, 9.17) is 18.0 Å². The van der Waals surface area contributed by atoms with E-state index in [1.165, 1.54) is 11.1 Å². The van der Waals surface area contributed by atoms with Gasteiger partial charge in [0.1, 0.15) is 0 Å². The zero-order valence-electron chi connectivity index (χ0n) is 15.9. The van der Waals surface area contributed by atoms with Gasteiger partial charge in [-0.25, -0.2) is 0 Å². The molecule has 28 heavy (non-hydrogen) atoms. The summed E-state index contributed by atoms with van der Waals surface area (Å²) in [6, 6.07) is 10.2. The molecule has 0 amide bonds. The molecule has 4 rings (SSSR count). The Bertz CT molecular complexity index is 866. The van der Waals surface area contributed by atoms with E-state index in [9.17, 15) is 4.79 Å². The van der Waals surface area contributed by atoms with Crippen molar-refractivity contribution in [1.82, 2.24) is 9.88 Å². The Labute approximate surface area is 166 Å². The molecule has 0 unspecified atom stereocenters. The van der Waals surface area contributed by atoms with Crippen molar-refractivity contribution in [2.75, 3.05) is 18.0 Å². The molecule has 2 aromatic rings. The number of ether oxygens (including phenoxy) is 1. The minimum atomic E-state index is -0.101. The zero-order valence-corrected chi connectivity index (χ0v) is 15.9. The number of pyridine rings is 1. The first-order chi connectivity index (χ1) is 13.6. The number of carbonyl (C=O) groups excluding carboxylic acids is 1. The van der Waals surface area contributed by atoms with Crippen molar-refractivity contribution in [1.29, 1.82) is 0 Å². The maximum absolute atomic E-state index is 12.5. The quantitative estimate of drug-likeness (QED) is 0.632. The van der Waals surface area contributed by atoms with Gasteiger partial charge in [-0.15, -0.1) is 0 Å². The van der Waals surface area contributed by atoms with Crippen LogP contribution in [-0.2, 0) is 29.2 Å². The second-order valence-corrected chi connectivity index (χ2v) is 7.46. The molecule has 143 valence electrons. The third-order valence-corrected chi connectivity index (χ3v) is 5.60. The Morgan fingerprint density at radius 2 is 1.86 bits per heavy atom. The second-order valence-electron chi connectivity index (χ2n) is 7.46. The van der Waals surface area contributed by atoms with E-state index < -0.39 is 0 Å². The summed E-state index contributed by atoms with van der Waals surface area (Å²) in [5.74, 6) is -0.134. The summed E-state index contributed by atoms with van der Waals surface area (Å²) in [4.78, 5) is 20.8. The average molecular weight is 375 g/mol. The first-order valence-corrected chi connectivity index (χ1v) is 9.65. The molecule has 0 spiro atoms. The second kappa shape index (κ2) is 8.04. The molecule has 6 nitrogen and oxygen atoms in total. The number of anilines is 1. The van der Waals surface area contributed by atoms with Gasteiger partial charge in [0, 0.05) is 18.1 Å². The molecular weight excluding hydrogens is 351 g/mol. The summed E-state index contributed by atoms with van der Waals surface area (Å²) in [5.41, 5.74) is 10.6. The molecule has 1 radical (unpaired) electrons. The number of benzene rings is 1. The van der Waals surface area contributed by atoms with Crippen molar-refractivity contribution in [3.8, 4) is 0 Å². The summed E-state index contributed by atoms with van der Waals surface area (Å²) in [7, 11) is 5.69. The molecule has 1 saturated heterocycles. The van der Waals surface area contributed by atoms with Gasteiger partial charge in [-0.1, -0.05) is 0 Å². The van der Waals surface area contributed by atoms with Crippen molar-refractivity contribution in [2.45, 2.75) is 32.5 Å². The van der Waals surface area contributed by atoms with Crippen molar-refractivity contribution >= 4 is 24.9 Å². The number of aromatic nitrogens is 1. The molecule has 2 aliphatic heterocycles. The Kier molecular flexibility index (Phi) is 5.32. The van der Waals surface area contributed by atoms with Crippen molar-refractivity contribution in [3.05, 3.63) is 59.4 Å². The third kappa shape index (κ3) is 4.03. The fourth-order valence-corrected chi connectivity index (χ4v) is 3.92. The normalized spacial score (nSPS) is 16.7. The van der Waals surface area contributed by atoms with E-state index in [1.807, 2.05) is 23.1 Å². The molecule has 0 atom stereocenters. The van der Waals surface area contributed by atoms with E-state index in [2.05, 4.69) is 22.0 Å². The molecular formula is C21H24BN4O2. The van der Waals surface area contributed by atoms with Gasteiger partial charge in [-0.05, 0) is 12.1 Å². The van der Waals surface area contributed by atoms with Crippen LogP contribution in [0.25, 0.3) is 0 Å². The molecule has 0 saturated carbocycles. The van der Waals surface area contributed by atoms with Gasteiger partial charge in [0.15, 0.2) is 0 Å². The molecule has 0 aliphatic carbocycles. The van der Waals surface area contributed by atoms with Gasteiger partial charge in [0.05, 0.1) is 0 Å². The van der Waals surface area contributed by atoms with Gasteiger partial charge in [-0.2, -0.15) is 0 Å². The first-order valence-electron chi connectivity index (χ1n) is 9.65. The van der Waals surface area contributed by atoms with Crippen molar-refractivity contribution in [3.63, 3.8) is 0 Å². The van der Waals surface area contributed by atoms with Crippen LogP contribution in [0.2, 0.25) is 0 Å². The number of hydrogen-bond acceptors (Lipinski definition) is 6. The molecule has 1 aromatic carbocycles. The molecule has 7 heteroatoms. The Morgan fingerprint density at radius 1 is 1.14 bits per heavy atom. The summed E-state index contributed by atoms with van der Waals surface area (Å²) >= 11 is 0. The van der Waals surface area contributed by atoms with Crippen LogP contribution in [0.1, 0.15) is 29.5 Å². The van der Waals surface area contributed by atoms with Crippen LogP contribution in [0.5, 0.6) is 0 Å². The fourth-order valence-electron chi connectivity index (χ4n) is 3.92. The number of rotatable bonds is 5. The Balaban J connectivity index is 1.28. The number of esters is 1. The molecule has 1 fully saturated rings. The minimum absolute atomic E-state index is 0.0327. The van der Waals surface area contributed by atoms with E-state index >= 15 is 0 Å². The summed E-state index contributed by atoms with van der Waals surface area (Å²) < 4.78 is 5.61. The van der Waals surface area contributed by atoms with Crippen molar-refractivity contribution in [2.24, 2.45) is 11.7 Å². The van der Waals surface area contributed by atoms with Crippen molar-refractivity contribution < 1.29 is 9.53 Å². The average Bonchev–Trinajstić information content (AvgIpc) is 3.16. The third-order valence-electron chi connectivity index (χ3n) is 5.60. The van der Waals surface area contributed by atoms with Crippen LogP contribution in [0.3, 0.4) is 0 Å². The van der Waals surface area contributed by atoms with Gasteiger partial charge in [0.2, 0.25) is 0 Å². The predicted octanol–water partition coefficient (Wildman–Crippen LogP) is 1.57. The molecule has 0 bridgehead atoms. The monoisotopic (exact) mass is 375 g/mol. The Morgan fingerprint density at radius 3 is 2.57 bits per heavy atom. The van der Waals surface area contributed by atoms with Crippen LogP contribution in [0.4, 0.5) is 5.69 Å². The summed E-state index contributed by atoms with van der Waals surface area (Å²) in [6.45, 7) is 3.45. The van der Waals surface area contributed by atoms with E-state index in [0.717, 1.165) is 43.7 Å². The summed E-state index contributed by atoms with van der Waals surface area (Å²) in [5, 5.41) is 0. The Hall–Kier alpha value is -2.83. The standard InChI is InChI=1S/C21H24BN4O2/c22-21(23)26-12-17-2-1-15(11-18(17)13-26)14-28-20(27)16-5-9-25(10-6-16)19-3-7-24-8-4-19/h1-4,7-8,11,16H,5-6,9-10,12-14,23H2. The SMILES string of the molecule is [B]=C(N)N1Cc2ccc(COC(=O)C3CCN(c4ccncc4)CC3)cc2C1. The van der Waals surface area contributed by atoms with Gasteiger partial charge in [-0.3, -0.25) is 4.98 Å². The number of hydrogen-bond donors (Lipinski definition) is 1. The number of fused-ring (bicyclic) bond motifs is 1. The van der Waals surface area contributed by atoms with Gasteiger partial charge < -0.3 is 4.90 Å². The molecule has 2 aliphatic rings. The van der Waals surface area contributed by atoms with E-state index in [1.54, 1.807) is 12.4 Å². The van der Waals surface area contributed by atoms with E-state index in [0.29, 0.717) is 18.9 Å². The number of piperidine rings is 1. The number of nitrogens with zero attached hydrogens (tertiary/aromatic N) is 3. The van der Waals surface area contributed by atoms with Gasteiger partial charge >= 0.3 is 126 Å². The fraction of sp³-hybridized carbons (Fsp3) is 0.381. The number of nitrogens with two attached hydrogens (primary N) is 1. The predicted molar refractivity (Wildman–Crippen MR) is 110 cm³/mol. The molecule has 3 heterocycles. The van der Waals surface area contributed by atoms with Crippen LogP contribution in [0, 0.1) is 5.92 Å².